The molecule has 3 heteroatoms. The van der Waals surface area contributed by atoms with Gasteiger partial charge in [0.25, 0.3) is 0 Å². The predicted molar refractivity (Wildman–Crippen MR) is 57.1 cm³/mol. The first-order valence-electron chi connectivity index (χ1n) is 4.28. The van der Waals surface area contributed by atoms with Gasteiger partial charge in [-0.15, -0.1) is 0 Å². The van der Waals surface area contributed by atoms with Gasteiger partial charge in [0.2, 0.25) is 0 Å². The lowest BCUT2D eigenvalue weighted by molar-refractivity contribution is 0.626. The second kappa shape index (κ2) is 6.22. The molecule has 74 valence electrons. The highest BCUT2D eigenvalue weighted by molar-refractivity contribution is 6.35. The standard InChI is InChI=1S/C8H7Cl2F.C2H6/c1-2-5-3-8(11)7(10)4-6(5)9;1-2/h3-4H,2H2,1H3;1-2H3. The second-order valence-corrected chi connectivity index (χ2v) is 3.03. The van der Waals surface area contributed by atoms with E-state index in [-0.39, 0.29) is 5.02 Å². The molecule has 0 aliphatic carbocycles. The highest BCUT2D eigenvalue weighted by atomic mass is 35.5. The first-order valence-corrected chi connectivity index (χ1v) is 5.04. The number of benzene rings is 1. The van der Waals surface area contributed by atoms with Crippen molar-refractivity contribution in [1.29, 1.82) is 0 Å². The average molecular weight is 223 g/mol. The maximum atomic E-state index is 12.8. The lowest BCUT2D eigenvalue weighted by Crippen LogP contribution is -1.85. The smallest absolute Gasteiger partial charge is 0.142 e. The van der Waals surface area contributed by atoms with Gasteiger partial charge in [0.05, 0.1) is 5.02 Å². The van der Waals surface area contributed by atoms with Crippen LogP contribution in [0.4, 0.5) is 4.39 Å². The number of hydrogen-bond donors (Lipinski definition) is 0. The Hall–Kier alpha value is -0.270. The van der Waals surface area contributed by atoms with Crippen molar-refractivity contribution in [3.05, 3.63) is 33.6 Å². The summed E-state index contributed by atoms with van der Waals surface area (Å²) in [6.45, 7) is 5.91. The first-order chi connectivity index (χ1) is 6.15. The molecule has 13 heavy (non-hydrogen) atoms. The summed E-state index contributed by atoms with van der Waals surface area (Å²) in [7, 11) is 0. The molecule has 0 saturated carbocycles. The zero-order valence-electron chi connectivity index (χ0n) is 8.00. The molecule has 0 bridgehead atoms. The Morgan fingerprint density at radius 2 is 1.69 bits per heavy atom. The maximum Gasteiger partial charge on any atom is 0.142 e. The molecule has 0 nitrogen and oxygen atoms in total. The zero-order chi connectivity index (χ0) is 10.4. The molecule has 1 aromatic carbocycles. The van der Waals surface area contributed by atoms with Gasteiger partial charge in [-0.05, 0) is 24.1 Å². The van der Waals surface area contributed by atoms with Gasteiger partial charge < -0.3 is 0 Å². The molecule has 0 unspecified atom stereocenters. The van der Waals surface area contributed by atoms with Gasteiger partial charge >= 0.3 is 0 Å². The number of rotatable bonds is 1. The predicted octanol–water partition coefficient (Wildman–Crippen LogP) is 4.72. The maximum absolute atomic E-state index is 12.8. The van der Waals surface area contributed by atoms with Crippen molar-refractivity contribution in [1.82, 2.24) is 0 Å². The van der Waals surface area contributed by atoms with Crippen LogP contribution < -0.4 is 0 Å². The summed E-state index contributed by atoms with van der Waals surface area (Å²) >= 11 is 11.2. The fraction of sp³-hybridized carbons (Fsp3) is 0.400. The van der Waals surface area contributed by atoms with Crippen LogP contribution in [0.2, 0.25) is 10.0 Å². The Morgan fingerprint density at radius 1 is 1.15 bits per heavy atom. The van der Waals surface area contributed by atoms with Crippen LogP contribution in [0.5, 0.6) is 0 Å². The van der Waals surface area contributed by atoms with Gasteiger partial charge in [-0.1, -0.05) is 44.0 Å². The van der Waals surface area contributed by atoms with E-state index >= 15 is 0 Å². The summed E-state index contributed by atoms with van der Waals surface area (Å²) in [6, 6.07) is 2.79. The molecule has 0 aromatic heterocycles. The van der Waals surface area contributed by atoms with Gasteiger partial charge in [0.1, 0.15) is 5.82 Å². The normalized spacial score (nSPS) is 9.08. The molecule has 0 aliphatic heterocycles. The third kappa shape index (κ3) is 3.53. The molecular formula is C10H13Cl2F. The number of hydrogen-bond acceptors (Lipinski definition) is 0. The van der Waals surface area contributed by atoms with Gasteiger partial charge in [-0.3, -0.25) is 0 Å². The zero-order valence-corrected chi connectivity index (χ0v) is 9.51. The van der Waals surface area contributed by atoms with Crippen LogP contribution in [-0.2, 0) is 6.42 Å². The molecule has 0 heterocycles. The van der Waals surface area contributed by atoms with E-state index in [9.17, 15) is 4.39 Å². The summed E-state index contributed by atoms with van der Waals surface area (Å²) < 4.78 is 12.8. The van der Waals surface area contributed by atoms with E-state index in [1.165, 1.54) is 12.1 Å². The van der Waals surface area contributed by atoms with Crippen molar-refractivity contribution >= 4 is 23.2 Å². The Labute approximate surface area is 88.7 Å². The van der Waals surface area contributed by atoms with Crippen LogP contribution in [0.15, 0.2) is 12.1 Å². The highest BCUT2D eigenvalue weighted by Gasteiger charge is 2.04. The fourth-order valence-electron chi connectivity index (χ4n) is 0.835. The molecule has 0 saturated heterocycles. The van der Waals surface area contributed by atoms with Crippen molar-refractivity contribution in [3.63, 3.8) is 0 Å². The van der Waals surface area contributed by atoms with E-state index < -0.39 is 5.82 Å². The topological polar surface area (TPSA) is 0 Å². The molecule has 1 aromatic rings. The quantitative estimate of drug-likeness (QED) is 0.604. The van der Waals surface area contributed by atoms with Crippen LogP contribution in [0.1, 0.15) is 26.3 Å². The Morgan fingerprint density at radius 3 is 2.15 bits per heavy atom. The van der Waals surface area contributed by atoms with Crippen LogP contribution in [0.25, 0.3) is 0 Å². The molecule has 1 rings (SSSR count). The van der Waals surface area contributed by atoms with Crippen LogP contribution in [0, 0.1) is 5.82 Å². The number of aryl methyl sites for hydroxylation is 1. The van der Waals surface area contributed by atoms with E-state index in [4.69, 9.17) is 23.2 Å². The minimum absolute atomic E-state index is 0.0761. The van der Waals surface area contributed by atoms with Crippen molar-refractivity contribution in [2.24, 2.45) is 0 Å². The van der Waals surface area contributed by atoms with Gasteiger partial charge in [-0.2, -0.15) is 0 Å². The summed E-state index contributed by atoms with van der Waals surface area (Å²) in [5.74, 6) is -0.409. The third-order valence-corrected chi connectivity index (χ3v) is 2.11. The molecule has 0 amide bonds. The third-order valence-electron chi connectivity index (χ3n) is 1.47. The Kier molecular flexibility index (Phi) is 6.10. The lowest BCUT2D eigenvalue weighted by atomic mass is 10.2. The Bertz CT molecular complexity index is 272. The SMILES string of the molecule is CC.CCc1cc(F)c(Cl)cc1Cl. The monoisotopic (exact) mass is 222 g/mol. The summed E-state index contributed by atoms with van der Waals surface area (Å²) in [6.07, 6.45) is 0.715. The Balaban J connectivity index is 0.000000671. The minimum atomic E-state index is -0.409. The van der Waals surface area contributed by atoms with E-state index in [1.807, 2.05) is 20.8 Å². The summed E-state index contributed by atoms with van der Waals surface area (Å²) in [4.78, 5) is 0. The van der Waals surface area contributed by atoms with Crippen LogP contribution in [0.3, 0.4) is 0 Å². The van der Waals surface area contributed by atoms with E-state index in [0.29, 0.717) is 11.4 Å². The summed E-state index contributed by atoms with van der Waals surface area (Å²) in [5, 5.41) is 0.603. The largest absolute Gasteiger partial charge is 0.205 e. The van der Waals surface area contributed by atoms with Crippen LogP contribution in [-0.4, -0.2) is 0 Å². The van der Waals surface area contributed by atoms with Gasteiger partial charge in [0.15, 0.2) is 0 Å². The van der Waals surface area contributed by atoms with Gasteiger partial charge in [-0.25, -0.2) is 4.39 Å². The molecule has 0 atom stereocenters. The molecular weight excluding hydrogens is 210 g/mol. The summed E-state index contributed by atoms with van der Waals surface area (Å²) in [5.41, 5.74) is 0.786. The molecule has 0 fully saturated rings. The highest BCUT2D eigenvalue weighted by Crippen LogP contribution is 2.24. The van der Waals surface area contributed by atoms with E-state index in [0.717, 1.165) is 5.56 Å². The average Bonchev–Trinajstić information content (AvgIpc) is 2.15. The van der Waals surface area contributed by atoms with Crippen molar-refractivity contribution < 1.29 is 4.39 Å². The van der Waals surface area contributed by atoms with Crippen molar-refractivity contribution in [2.45, 2.75) is 27.2 Å². The van der Waals surface area contributed by atoms with Crippen molar-refractivity contribution in [3.8, 4) is 0 Å². The van der Waals surface area contributed by atoms with Crippen LogP contribution >= 0.6 is 23.2 Å². The lowest BCUT2D eigenvalue weighted by Gasteiger charge is -2.01. The molecule has 0 N–H and O–H groups in total. The van der Waals surface area contributed by atoms with E-state index in [1.54, 1.807) is 0 Å². The van der Waals surface area contributed by atoms with Gasteiger partial charge in [0, 0.05) is 5.02 Å². The second-order valence-electron chi connectivity index (χ2n) is 2.21. The molecule has 0 aliphatic rings. The first kappa shape index (κ1) is 12.7. The number of halogens is 3. The molecule has 0 spiro atoms. The minimum Gasteiger partial charge on any atom is -0.205 e. The van der Waals surface area contributed by atoms with E-state index in [2.05, 4.69) is 0 Å². The fourth-order valence-corrected chi connectivity index (χ4v) is 1.35. The van der Waals surface area contributed by atoms with Crippen molar-refractivity contribution in [2.75, 3.05) is 0 Å². The molecule has 0 radical (unpaired) electrons.